The Bertz CT molecular complexity index is 266. The van der Waals surface area contributed by atoms with Crippen LogP contribution >= 0.6 is 0 Å². The summed E-state index contributed by atoms with van der Waals surface area (Å²) < 4.78 is 0. The van der Waals surface area contributed by atoms with Gasteiger partial charge in [0.1, 0.15) is 0 Å². The molecule has 1 aliphatic carbocycles. The minimum absolute atomic E-state index is 0.443. The van der Waals surface area contributed by atoms with Crippen molar-refractivity contribution in [3.63, 3.8) is 0 Å². The second-order valence-electron chi connectivity index (χ2n) is 3.01. The number of carbonyl (C=O) groups is 1. The van der Waals surface area contributed by atoms with Gasteiger partial charge in [0.05, 0.1) is 0 Å². The van der Waals surface area contributed by atoms with E-state index in [0.717, 1.165) is 24.9 Å². The molecule has 12 heavy (non-hydrogen) atoms. The van der Waals surface area contributed by atoms with E-state index in [1.807, 2.05) is 24.3 Å². The molecule has 0 unspecified atom stereocenters. The highest BCUT2D eigenvalue weighted by Gasteiger charge is 2.28. The summed E-state index contributed by atoms with van der Waals surface area (Å²) in [6.07, 6.45) is 3.17. The number of hydrogen-bond donors (Lipinski definition) is 0. The van der Waals surface area contributed by atoms with Crippen LogP contribution in [0.5, 0.6) is 0 Å². The lowest BCUT2D eigenvalue weighted by molar-refractivity contribution is -0.107. The summed E-state index contributed by atoms with van der Waals surface area (Å²) in [6.45, 7) is 0. The van der Waals surface area contributed by atoms with E-state index in [2.05, 4.69) is 6.07 Å². The Kier molecular flexibility index (Phi) is 1.82. The van der Waals surface area contributed by atoms with Crippen LogP contribution < -0.4 is 4.90 Å². The van der Waals surface area contributed by atoms with Crippen molar-refractivity contribution in [1.82, 2.24) is 0 Å². The number of rotatable bonds is 3. The van der Waals surface area contributed by atoms with E-state index >= 15 is 0 Å². The molecular weight excluding hydrogens is 150 g/mol. The van der Waals surface area contributed by atoms with Crippen molar-refractivity contribution in [3.05, 3.63) is 30.3 Å². The number of amides is 1. The third kappa shape index (κ3) is 1.33. The lowest BCUT2D eigenvalue weighted by atomic mass is 10.3. The first-order valence-corrected chi connectivity index (χ1v) is 4.11. The molecule has 0 bridgehead atoms. The van der Waals surface area contributed by atoms with Gasteiger partial charge < -0.3 is 4.90 Å². The van der Waals surface area contributed by atoms with Crippen molar-refractivity contribution in [3.8, 4) is 0 Å². The van der Waals surface area contributed by atoms with Crippen molar-refractivity contribution in [2.75, 3.05) is 4.90 Å². The van der Waals surface area contributed by atoms with Gasteiger partial charge in [-0.2, -0.15) is 0 Å². The molecule has 1 saturated carbocycles. The molecule has 1 amide bonds. The standard InChI is InChI=1S/C10H10NO/c12-8-11(10-6-7-10)9-4-2-1-3-5-9/h1-2,4-5,8,10H,6-7H2. The predicted molar refractivity (Wildman–Crippen MR) is 46.8 cm³/mol. The molecule has 0 spiro atoms. The Balaban J connectivity index is 2.21. The summed E-state index contributed by atoms with van der Waals surface area (Å²) in [7, 11) is 0. The molecule has 1 aromatic carbocycles. The van der Waals surface area contributed by atoms with Crippen molar-refractivity contribution in [1.29, 1.82) is 0 Å². The van der Waals surface area contributed by atoms with E-state index in [1.165, 1.54) is 0 Å². The third-order valence-corrected chi connectivity index (χ3v) is 2.04. The second kappa shape index (κ2) is 2.97. The molecule has 2 nitrogen and oxygen atoms in total. The summed E-state index contributed by atoms with van der Waals surface area (Å²) in [5.41, 5.74) is 0.954. The van der Waals surface area contributed by atoms with Crippen LogP contribution in [0, 0.1) is 6.07 Å². The van der Waals surface area contributed by atoms with E-state index in [-0.39, 0.29) is 0 Å². The van der Waals surface area contributed by atoms with Crippen molar-refractivity contribution >= 4 is 12.1 Å². The molecule has 1 radical (unpaired) electrons. The Morgan fingerprint density at radius 3 is 2.92 bits per heavy atom. The lowest BCUT2D eigenvalue weighted by Gasteiger charge is -2.15. The van der Waals surface area contributed by atoms with Gasteiger partial charge in [0.15, 0.2) is 0 Å². The monoisotopic (exact) mass is 160 g/mol. The summed E-state index contributed by atoms with van der Waals surface area (Å²) in [5, 5.41) is 0. The molecule has 1 fully saturated rings. The van der Waals surface area contributed by atoms with Crippen molar-refractivity contribution in [2.45, 2.75) is 18.9 Å². The smallest absolute Gasteiger partial charge is 0.214 e. The maximum Gasteiger partial charge on any atom is 0.214 e. The molecular formula is C10H10NO. The zero-order valence-corrected chi connectivity index (χ0v) is 6.73. The first-order chi connectivity index (χ1) is 5.92. The first kappa shape index (κ1) is 7.35. The summed E-state index contributed by atoms with van der Waals surface area (Å²) >= 11 is 0. The van der Waals surface area contributed by atoms with Gasteiger partial charge in [-0.3, -0.25) is 4.79 Å². The Morgan fingerprint density at radius 1 is 1.58 bits per heavy atom. The molecule has 0 saturated heterocycles. The zero-order valence-electron chi connectivity index (χ0n) is 6.73. The molecule has 2 heteroatoms. The van der Waals surface area contributed by atoms with Gasteiger partial charge in [-0.15, -0.1) is 0 Å². The summed E-state index contributed by atoms with van der Waals surface area (Å²) in [4.78, 5) is 12.5. The van der Waals surface area contributed by atoms with Crippen LogP contribution in [0.4, 0.5) is 5.69 Å². The predicted octanol–water partition coefficient (Wildman–Crippen LogP) is 1.61. The van der Waals surface area contributed by atoms with Crippen LogP contribution in [-0.2, 0) is 4.79 Å². The van der Waals surface area contributed by atoms with E-state index in [4.69, 9.17) is 0 Å². The van der Waals surface area contributed by atoms with Gasteiger partial charge in [-0.1, -0.05) is 12.1 Å². The number of carbonyl (C=O) groups excluding carboxylic acids is 1. The number of benzene rings is 1. The van der Waals surface area contributed by atoms with Gasteiger partial charge in [0, 0.05) is 11.7 Å². The topological polar surface area (TPSA) is 20.3 Å². The van der Waals surface area contributed by atoms with Crippen molar-refractivity contribution in [2.24, 2.45) is 0 Å². The normalized spacial score (nSPS) is 15.7. The van der Waals surface area contributed by atoms with Crippen LogP contribution in [0.15, 0.2) is 24.3 Å². The van der Waals surface area contributed by atoms with Gasteiger partial charge >= 0.3 is 0 Å². The van der Waals surface area contributed by atoms with Gasteiger partial charge in [0.2, 0.25) is 6.41 Å². The molecule has 0 atom stereocenters. The van der Waals surface area contributed by atoms with Crippen molar-refractivity contribution < 1.29 is 4.79 Å². The minimum Gasteiger partial charge on any atom is -0.312 e. The third-order valence-electron chi connectivity index (χ3n) is 2.04. The average Bonchev–Trinajstić information content (AvgIpc) is 2.92. The quantitative estimate of drug-likeness (QED) is 0.615. The Labute approximate surface area is 71.8 Å². The number of hydrogen-bond acceptors (Lipinski definition) is 1. The Hall–Kier alpha value is -1.31. The average molecular weight is 160 g/mol. The van der Waals surface area contributed by atoms with Crippen LogP contribution in [0.2, 0.25) is 0 Å². The Morgan fingerprint density at radius 2 is 2.42 bits per heavy atom. The number of anilines is 1. The minimum atomic E-state index is 0.443. The van der Waals surface area contributed by atoms with E-state index in [9.17, 15) is 4.79 Å². The zero-order chi connectivity index (χ0) is 8.39. The molecule has 0 N–H and O–H groups in total. The van der Waals surface area contributed by atoms with Crippen LogP contribution in [0.25, 0.3) is 0 Å². The fourth-order valence-electron chi connectivity index (χ4n) is 1.25. The molecule has 1 aliphatic rings. The van der Waals surface area contributed by atoms with E-state index in [1.54, 1.807) is 4.90 Å². The second-order valence-corrected chi connectivity index (χ2v) is 3.01. The maximum absolute atomic E-state index is 10.7. The fraction of sp³-hybridized carbons (Fsp3) is 0.300. The van der Waals surface area contributed by atoms with Crippen LogP contribution in [-0.4, -0.2) is 12.5 Å². The molecule has 0 heterocycles. The molecule has 2 rings (SSSR count). The highest BCUT2D eigenvalue weighted by molar-refractivity contribution is 5.76. The van der Waals surface area contributed by atoms with E-state index in [0.29, 0.717) is 6.04 Å². The fourth-order valence-corrected chi connectivity index (χ4v) is 1.25. The lowest BCUT2D eigenvalue weighted by Crippen LogP contribution is -2.23. The van der Waals surface area contributed by atoms with E-state index < -0.39 is 0 Å². The molecule has 0 aliphatic heterocycles. The SMILES string of the molecule is O=CN(c1c[c]ccc1)C1CC1. The van der Waals surface area contributed by atoms with Gasteiger partial charge in [-0.25, -0.2) is 0 Å². The summed E-state index contributed by atoms with van der Waals surface area (Å²) in [5.74, 6) is 0. The van der Waals surface area contributed by atoms with Crippen LogP contribution in [0.3, 0.4) is 0 Å². The maximum atomic E-state index is 10.7. The highest BCUT2D eigenvalue weighted by Crippen LogP contribution is 2.29. The largest absolute Gasteiger partial charge is 0.312 e. The molecule has 61 valence electrons. The first-order valence-electron chi connectivity index (χ1n) is 4.11. The molecule has 1 aromatic rings. The number of nitrogens with zero attached hydrogens (tertiary/aromatic N) is 1. The van der Waals surface area contributed by atoms with Crippen LogP contribution in [0.1, 0.15) is 12.8 Å². The molecule has 0 aromatic heterocycles. The van der Waals surface area contributed by atoms with Gasteiger partial charge in [0.25, 0.3) is 0 Å². The van der Waals surface area contributed by atoms with Gasteiger partial charge in [-0.05, 0) is 31.0 Å². The highest BCUT2D eigenvalue weighted by atomic mass is 16.1. The summed E-state index contributed by atoms with van der Waals surface area (Å²) in [6, 6.07) is 10.9.